The molecule has 0 aliphatic heterocycles. The summed E-state index contributed by atoms with van der Waals surface area (Å²) in [4.78, 5) is 17.6. The van der Waals surface area contributed by atoms with Crippen LogP contribution < -0.4 is 0 Å². The van der Waals surface area contributed by atoms with Crippen LogP contribution in [0.3, 0.4) is 0 Å². The average Bonchev–Trinajstić information content (AvgIpc) is 3.10. The van der Waals surface area contributed by atoms with Crippen molar-refractivity contribution >= 4 is 21.8 Å². The van der Waals surface area contributed by atoms with E-state index < -0.39 is 0 Å². The number of amides is 1. The lowest BCUT2D eigenvalue weighted by molar-refractivity contribution is -0.129. The van der Waals surface area contributed by atoms with Crippen LogP contribution in [0.4, 0.5) is 0 Å². The standard InChI is InChI=1S/C11H13BrN2O/c12-7-11(15)14(10-1-2-10)8-9-3-5-13-6-4-9/h3-6,10H,1-2,7-8H2. The second-order valence-electron chi connectivity index (χ2n) is 3.74. The second-order valence-corrected chi connectivity index (χ2v) is 4.30. The normalized spacial score (nSPS) is 15.0. The van der Waals surface area contributed by atoms with Crippen molar-refractivity contribution in [2.45, 2.75) is 25.4 Å². The molecule has 1 aliphatic rings. The Hall–Kier alpha value is -0.900. The van der Waals surface area contributed by atoms with Crippen LogP contribution >= 0.6 is 15.9 Å². The molecular weight excluding hydrogens is 256 g/mol. The number of hydrogen-bond donors (Lipinski definition) is 0. The first-order valence-corrected chi connectivity index (χ1v) is 6.17. The molecule has 2 rings (SSSR count). The Labute approximate surface area is 97.6 Å². The molecule has 1 saturated carbocycles. The molecule has 1 aliphatic carbocycles. The number of aromatic nitrogens is 1. The molecule has 0 unspecified atom stereocenters. The summed E-state index contributed by atoms with van der Waals surface area (Å²) in [5.41, 5.74) is 1.14. The van der Waals surface area contributed by atoms with Gasteiger partial charge in [0.15, 0.2) is 0 Å². The summed E-state index contributed by atoms with van der Waals surface area (Å²) in [6.07, 6.45) is 5.81. The first-order chi connectivity index (χ1) is 7.31. The van der Waals surface area contributed by atoms with Crippen LogP contribution in [0.5, 0.6) is 0 Å². The van der Waals surface area contributed by atoms with E-state index in [2.05, 4.69) is 20.9 Å². The van der Waals surface area contributed by atoms with Gasteiger partial charge < -0.3 is 4.90 Å². The maximum absolute atomic E-state index is 11.7. The van der Waals surface area contributed by atoms with Crippen molar-refractivity contribution in [3.8, 4) is 0 Å². The van der Waals surface area contributed by atoms with Gasteiger partial charge in [-0.1, -0.05) is 15.9 Å². The van der Waals surface area contributed by atoms with Gasteiger partial charge in [0.2, 0.25) is 5.91 Å². The summed E-state index contributed by atoms with van der Waals surface area (Å²) in [5.74, 6) is 0.175. The number of carbonyl (C=O) groups excluding carboxylic acids is 1. The van der Waals surface area contributed by atoms with Crippen molar-refractivity contribution in [1.82, 2.24) is 9.88 Å². The van der Waals surface area contributed by atoms with Crippen molar-refractivity contribution < 1.29 is 4.79 Å². The third kappa shape index (κ3) is 2.78. The number of halogens is 1. The highest BCUT2D eigenvalue weighted by Gasteiger charge is 2.31. The zero-order valence-corrected chi connectivity index (χ0v) is 9.98. The molecule has 0 spiro atoms. The number of carbonyl (C=O) groups is 1. The van der Waals surface area contributed by atoms with Crippen LogP contribution in [-0.2, 0) is 11.3 Å². The summed E-state index contributed by atoms with van der Waals surface area (Å²) in [6.45, 7) is 0.706. The molecule has 0 aromatic carbocycles. The first-order valence-electron chi connectivity index (χ1n) is 5.05. The predicted octanol–water partition coefficient (Wildman–Crippen LogP) is 1.97. The maximum atomic E-state index is 11.7. The lowest BCUT2D eigenvalue weighted by Gasteiger charge is -2.21. The van der Waals surface area contributed by atoms with E-state index >= 15 is 0 Å². The van der Waals surface area contributed by atoms with Gasteiger partial charge in [-0.25, -0.2) is 0 Å². The van der Waals surface area contributed by atoms with E-state index in [1.165, 1.54) is 0 Å². The SMILES string of the molecule is O=C(CBr)N(Cc1ccncc1)C1CC1. The Balaban J connectivity index is 2.04. The molecule has 1 heterocycles. The Bertz CT molecular complexity index is 338. The van der Waals surface area contributed by atoms with E-state index in [0.29, 0.717) is 17.9 Å². The third-order valence-electron chi connectivity index (χ3n) is 2.52. The quantitative estimate of drug-likeness (QED) is 0.783. The molecule has 0 N–H and O–H groups in total. The van der Waals surface area contributed by atoms with Crippen LogP contribution in [0.2, 0.25) is 0 Å². The number of rotatable bonds is 4. The predicted molar refractivity (Wildman–Crippen MR) is 61.6 cm³/mol. The molecule has 80 valence electrons. The number of hydrogen-bond acceptors (Lipinski definition) is 2. The van der Waals surface area contributed by atoms with Crippen LogP contribution in [0, 0.1) is 0 Å². The fourth-order valence-corrected chi connectivity index (χ4v) is 1.89. The third-order valence-corrected chi connectivity index (χ3v) is 3.00. The van der Waals surface area contributed by atoms with Crippen molar-refractivity contribution in [2.75, 3.05) is 5.33 Å². The average molecular weight is 269 g/mol. The van der Waals surface area contributed by atoms with E-state index in [1.807, 2.05) is 17.0 Å². The minimum Gasteiger partial charge on any atom is -0.335 e. The zero-order valence-electron chi connectivity index (χ0n) is 8.40. The van der Waals surface area contributed by atoms with Gasteiger partial charge in [0.1, 0.15) is 0 Å². The minimum atomic E-state index is 0.175. The maximum Gasteiger partial charge on any atom is 0.233 e. The Morgan fingerprint density at radius 3 is 2.67 bits per heavy atom. The van der Waals surface area contributed by atoms with E-state index in [-0.39, 0.29) is 5.91 Å². The molecule has 0 radical (unpaired) electrons. The van der Waals surface area contributed by atoms with Gasteiger partial charge >= 0.3 is 0 Å². The molecule has 1 fully saturated rings. The molecule has 0 bridgehead atoms. The summed E-state index contributed by atoms with van der Waals surface area (Å²) in [5, 5.41) is 0.411. The van der Waals surface area contributed by atoms with Gasteiger partial charge in [0.05, 0.1) is 5.33 Å². The highest BCUT2D eigenvalue weighted by Crippen LogP contribution is 2.28. The van der Waals surface area contributed by atoms with Gasteiger partial charge in [-0.3, -0.25) is 9.78 Å². The van der Waals surface area contributed by atoms with Gasteiger partial charge in [-0.2, -0.15) is 0 Å². The summed E-state index contributed by atoms with van der Waals surface area (Å²) in [7, 11) is 0. The molecule has 0 atom stereocenters. The Kier molecular flexibility index (Phi) is 3.36. The Morgan fingerprint density at radius 1 is 1.47 bits per heavy atom. The van der Waals surface area contributed by atoms with Crippen LogP contribution in [0.15, 0.2) is 24.5 Å². The molecule has 0 saturated heterocycles. The van der Waals surface area contributed by atoms with Crippen LogP contribution in [0.25, 0.3) is 0 Å². The molecule has 1 aromatic rings. The smallest absolute Gasteiger partial charge is 0.233 e. The van der Waals surface area contributed by atoms with E-state index in [1.54, 1.807) is 12.4 Å². The van der Waals surface area contributed by atoms with Gasteiger partial charge in [-0.15, -0.1) is 0 Å². The molecule has 1 amide bonds. The van der Waals surface area contributed by atoms with Gasteiger partial charge in [0, 0.05) is 25.0 Å². The zero-order chi connectivity index (χ0) is 10.7. The summed E-state index contributed by atoms with van der Waals surface area (Å²) >= 11 is 3.22. The van der Waals surface area contributed by atoms with Crippen molar-refractivity contribution in [2.24, 2.45) is 0 Å². The summed E-state index contributed by atoms with van der Waals surface area (Å²) < 4.78 is 0. The van der Waals surface area contributed by atoms with Crippen molar-refractivity contribution in [3.05, 3.63) is 30.1 Å². The van der Waals surface area contributed by atoms with E-state index in [9.17, 15) is 4.79 Å². The molecule has 15 heavy (non-hydrogen) atoms. The second kappa shape index (κ2) is 4.75. The van der Waals surface area contributed by atoms with Crippen molar-refractivity contribution in [1.29, 1.82) is 0 Å². The van der Waals surface area contributed by atoms with Gasteiger partial charge in [0.25, 0.3) is 0 Å². The largest absolute Gasteiger partial charge is 0.335 e. The van der Waals surface area contributed by atoms with E-state index in [0.717, 1.165) is 18.4 Å². The van der Waals surface area contributed by atoms with Gasteiger partial charge in [-0.05, 0) is 30.5 Å². The lowest BCUT2D eigenvalue weighted by Crippen LogP contribution is -2.33. The monoisotopic (exact) mass is 268 g/mol. The topological polar surface area (TPSA) is 33.2 Å². The highest BCUT2D eigenvalue weighted by atomic mass is 79.9. The fourth-order valence-electron chi connectivity index (χ4n) is 1.57. The van der Waals surface area contributed by atoms with Crippen LogP contribution in [0.1, 0.15) is 18.4 Å². The number of pyridine rings is 1. The minimum absolute atomic E-state index is 0.175. The number of nitrogens with zero attached hydrogens (tertiary/aromatic N) is 2. The Morgan fingerprint density at radius 2 is 2.13 bits per heavy atom. The molecular formula is C11H13BrN2O. The van der Waals surface area contributed by atoms with Crippen LogP contribution in [-0.4, -0.2) is 27.2 Å². The molecule has 1 aromatic heterocycles. The number of alkyl halides is 1. The summed E-state index contributed by atoms with van der Waals surface area (Å²) in [6, 6.07) is 4.37. The first kappa shape index (κ1) is 10.6. The lowest BCUT2D eigenvalue weighted by atomic mass is 10.2. The highest BCUT2D eigenvalue weighted by molar-refractivity contribution is 9.09. The molecule has 3 nitrogen and oxygen atoms in total. The van der Waals surface area contributed by atoms with E-state index in [4.69, 9.17) is 0 Å². The molecule has 4 heteroatoms. The fraction of sp³-hybridized carbons (Fsp3) is 0.455. The van der Waals surface area contributed by atoms with Crippen molar-refractivity contribution in [3.63, 3.8) is 0 Å².